The van der Waals surface area contributed by atoms with E-state index in [0.717, 1.165) is 36.9 Å². The van der Waals surface area contributed by atoms with Crippen LogP contribution in [-0.4, -0.2) is 45.3 Å². The maximum absolute atomic E-state index is 4.74. The third-order valence-corrected chi connectivity index (χ3v) is 7.94. The molecule has 0 aliphatic carbocycles. The van der Waals surface area contributed by atoms with E-state index in [1.165, 1.54) is 128 Å². The van der Waals surface area contributed by atoms with Crippen LogP contribution in [0.15, 0.2) is 59.0 Å². The Balaban J connectivity index is 0.00000840. The van der Waals surface area contributed by atoms with Gasteiger partial charge in [-0.1, -0.05) is 117 Å². The summed E-state index contributed by atoms with van der Waals surface area (Å²) in [5, 5.41) is 2.27. The van der Waals surface area contributed by atoms with Crippen molar-refractivity contribution in [2.75, 3.05) is 13.1 Å². The van der Waals surface area contributed by atoms with E-state index in [2.05, 4.69) is 72.0 Å². The topological polar surface area (TPSA) is 34.6 Å². The molecule has 0 aliphatic rings. The second-order valence-electron chi connectivity index (χ2n) is 11.7. The van der Waals surface area contributed by atoms with Gasteiger partial charge in [0.25, 0.3) is 0 Å². The molecule has 2 aromatic heterocycles. The molecule has 230 valence electrons. The van der Waals surface area contributed by atoms with Crippen LogP contribution in [0.1, 0.15) is 142 Å². The zero-order chi connectivity index (χ0) is 28.4. The first-order valence-electron chi connectivity index (χ1n) is 17.1. The molecular formula is C36H64MgN4. The standard InChI is InChI=1S/C36H62N4.Mg.2H/c1-3-5-7-9-15-19-27-37-35-23-31-39(32-24-35)29-21-17-13-11-12-14-18-22-30-40-33-25-36(26-34-40)38-28-20-16-10-8-6-4-2;;;/h23-26,31-34H,3-22,27-30H2,1-2H3;;;. The fourth-order valence-corrected chi connectivity index (χ4v) is 5.26. The number of hydrogen-bond acceptors (Lipinski definition) is 2. The van der Waals surface area contributed by atoms with Crippen LogP contribution in [0, 0.1) is 0 Å². The normalized spacial score (nSPS) is 10.9. The molecule has 0 aliphatic heterocycles. The SMILES string of the molecule is CCCCCCCCN=c1ccn(CCCCCCCCCCn2ccc(=NCCCCCCCC)cc2)cc1.[MgH2]. The van der Waals surface area contributed by atoms with Gasteiger partial charge in [0, 0.05) is 51.0 Å². The molecule has 41 heavy (non-hydrogen) atoms. The predicted molar refractivity (Wildman–Crippen MR) is 182 cm³/mol. The molecule has 0 atom stereocenters. The van der Waals surface area contributed by atoms with E-state index in [1.807, 2.05) is 0 Å². The maximum atomic E-state index is 4.74. The number of hydrogen-bond donors (Lipinski definition) is 0. The van der Waals surface area contributed by atoms with Crippen molar-refractivity contribution in [3.05, 3.63) is 59.8 Å². The van der Waals surface area contributed by atoms with E-state index in [9.17, 15) is 0 Å². The van der Waals surface area contributed by atoms with Gasteiger partial charge in [-0.3, -0.25) is 9.98 Å². The lowest BCUT2D eigenvalue weighted by Crippen LogP contribution is -2.06. The Bertz CT molecular complexity index is 858. The van der Waals surface area contributed by atoms with Gasteiger partial charge in [0.05, 0.1) is 10.7 Å². The van der Waals surface area contributed by atoms with Crippen molar-refractivity contribution < 1.29 is 0 Å². The number of nitrogens with zero attached hydrogens (tertiary/aromatic N) is 4. The molecule has 0 aromatic carbocycles. The Labute approximate surface area is 269 Å². The highest BCUT2D eigenvalue weighted by molar-refractivity contribution is 5.75. The second kappa shape index (κ2) is 27.5. The molecule has 4 nitrogen and oxygen atoms in total. The molecular weight excluding hydrogens is 513 g/mol. The molecule has 2 aromatic rings. The number of unbranched alkanes of at least 4 members (excludes halogenated alkanes) is 17. The summed E-state index contributed by atoms with van der Waals surface area (Å²) in [6.07, 6.45) is 35.5. The summed E-state index contributed by atoms with van der Waals surface area (Å²) in [7, 11) is 0. The van der Waals surface area contributed by atoms with Crippen LogP contribution in [0.3, 0.4) is 0 Å². The van der Waals surface area contributed by atoms with Crippen LogP contribution in [0.5, 0.6) is 0 Å². The van der Waals surface area contributed by atoms with Crippen LogP contribution >= 0.6 is 0 Å². The van der Waals surface area contributed by atoms with Crippen molar-refractivity contribution in [2.24, 2.45) is 9.98 Å². The number of aromatic nitrogens is 2. The number of aryl methyl sites for hydroxylation is 2. The summed E-state index contributed by atoms with van der Waals surface area (Å²) >= 11 is 0. The molecule has 0 fully saturated rings. The van der Waals surface area contributed by atoms with Crippen molar-refractivity contribution in [3.8, 4) is 0 Å². The predicted octanol–water partition coefficient (Wildman–Crippen LogP) is 8.72. The zero-order valence-corrected chi connectivity index (χ0v) is 26.4. The minimum absolute atomic E-state index is 0. The van der Waals surface area contributed by atoms with Gasteiger partial charge >= 0.3 is 23.1 Å². The van der Waals surface area contributed by atoms with Crippen LogP contribution in [0.2, 0.25) is 0 Å². The van der Waals surface area contributed by atoms with Crippen LogP contribution in [0.25, 0.3) is 0 Å². The van der Waals surface area contributed by atoms with Crippen molar-refractivity contribution in [3.63, 3.8) is 0 Å². The van der Waals surface area contributed by atoms with Crippen molar-refractivity contribution in [1.29, 1.82) is 0 Å². The molecule has 0 spiro atoms. The Morgan fingerprint density at radius 3 is 1.05 bits per heavy atom. The fourth-order valence-electron chi connectivity index (χ4n) is 5.26. The van der Waals surface area contributed by atoms with Gasteiger partial charge in [-0.2, -0.15) is 0 Å². The highest BCUT2D eigenvalue weighted by atomic mass is 24.3. The first kappa shape index (κ1) is 37.7. The first-order chi connectivity index (χ1) is 19.8. The Morgan fingerprint density at radius 2 is 0.707 bits per heavy atom. The van der Waals surface area contributed by atoms with E-state index in [1.54, 1.807) is 0 Å². The summed E-state index contributed by atoms with van der Waals surface area (Å²) in [5.74, 6) is 0. The fraction of sp³-hybridized carbons (Fsp3) is 0.722. The monoisotopic (exact) mass is 576 g/mol. The quantitative estimate of drug-likeness (QED) is 0.0836. The molecule has 0 bridgehead atoms. The number of rotatable bonds is 25. The lowest BCUT2D eigenvalue weighted by atomic mass is 10.1. The molecule has 2 rings (SSSR count). The lowest BCUT2D eigenvalue weighted by Gasteiger charge is -2.07. The summed E-state index contributed by atoms with van der Waals surface area (Å²) in [6.45, 7) is 8.74. The molecule has 0 saturated heterocycles. The van der Waals surface area contributed by atoms with Gasteiger partial charge in [0.2, 0.25) is 0 Å². The van der Waals surface area contributed by atoms with Crippen molar-refractivity contribution >= 4 is 23.1 Å². The van der Waals surface area contributed by atoms with Gasteiger partial charge in [-0.25, -0.2) is 0 Å². The molecule has 0 unspecified atom stereocenters. The van der Waals surface area contributed by atoms with Crippen molar-refractivity contribution in [1.82, 2.24) is 9.13 Å². The van der Waals surface area contributed by atoms with E-state index >= 15 is 0 Å². The molecule has 0 saturated carbocycles. The van der Waals surface area contributed by atoms with E-state index in [4.69, 9.17) is 9.98 Å². The molecule has 0 amide bonds. The smallest absolute Gasteiger partial charge is 0.316 e. The minimum atomic E-state index is 0. The summed E-state index contributed by atoms with van der Waals surface area (Å²) in [6, 6.07) is 8.71. The van der Waals surface area contributed by atoms with E-state index in [-0.39, 0.29) is 23.1 Å². The third-order valence-electron chi connectivity index (χ3n) is 7.94. The molecule has 0 N–H and O–H groups in total. The van der Waals surface area contributed by atoms with E-state index in [0.29, 0.717) is 0 Å². The number of pyridine rings is 2. The minimum Gasteiger partial charge on any atom is -0.354 e. The average Bonchev–Trinajstić information content (AvgIpc) is 2.98. The molecule has 2 heterocycles. The summed E-state index contributed by atoms with van der Waals surface area (Å²) in [4.78, 5) is 9.48. The Hall–Kier alpha value is -1.33. The average molecular weight is 577 g/mol. The van der Waals surface area contributed by atoms with E-state index < -0.39 is 0 Å². The Kier molecular flexibility index (Phi) is 25.3. The van der Waals surface area contributed by atoms with Gasteiger partial charge in [-0.15, -0.1) is 0 Å². The van der Waals surface area contributed by atoms with Crippen molar-refractivity contribution in [2.45, 2.75) is 155 Å². The highest BCUT2D eigenvalue weighted by Gasteiger charge is 1.96. The van der Waals surface area contributed by atoms with Gasteiger partial charge < -0.3 is 9.13 Å². The van der Waals surface area contributed by atoms with Crippen LogP contribution < -0.4 is 10.7 Å². The largest absolute Gasteiger partial charge is 0.354 e. The molecule has 5 heteroatoms. The summed E-state index contributed by atoms with van der Waals surface area (Å²) in [5.41, 5.74) is 0. The van der Waals surface area contributed by atoms with Gasteiger partial charge in [-0.05, 0) is 49.9 Å². The zero-order valence-electron chi connectivity index (χ0n) is 26.4. The second-order valence-corrected chi connectivity index (χ2v) is 11.7. The van der Waals surface area contributed by atoms with Crippen LogP contribution in [-0.2, 0) is 13.1 Å². The molecule has 0 radical (unpaired) electrons. The maximum Gasteiger partial charge on any atom is 0.316 e. The van der Waals surface area contributed by atoms with Gasteiger partial charge in [0.1, 0.15) is 0 Å². The first-order valence-corrected chi connectivity index (χ1v) is 17.1. The Morgan fingerprint density at radius 1 is 0.415 bits per heavy atom. The lowest BCUT2D eigenvalue weighted by molar-refractivity contribution is 0.524. The highest BCUT2D eigenvalue weighted by Crippen LogP contribution is 2.10. The van der Waals surface area contributed by atoms with Gasteiger partial charge in [0.15, 0.2) is 0 Å². The summed E-state index contributed by atoms with van der Waals surface area (Å²) < 4.78 is 4.63. The third kappa shape index (κ3) is 21.1. The van der Waals surface area contributed by atoms with Crippen LogP contribution in [0.4, 0.5) is 0 Å².